The van der Waals surface area contributed by atoms with E-state index in [9.17, 15) is 10.0 Å². The summed E-state index contributed by atoms with van der Waals surface area (Å²) in [6.07, 6.45) is 2.81. The van der Waals surface area contributed by atoms with Gasteiger partial charge in [0.1, 0.15) is 0 Å². The molecule has 0 fully saturated rings. The lowest BCUT2D eigenvalue weighted by Crippen LogP contribution is -2.06. The van der Waals surface area contributed by atoms with E-state index >= 15 is 0 Å². The van der Waals surface area contributed by atoms with Gasteiger partial charge in [0.15, 0.2) is 5.69 Å². The summed E-state index contributed by atoms with van der Waals surface area (Å²) in [5.41, 5.74) is 1.69. The normalized spacial score (nSPS) is 10.5. The van der Waals surface area contributed by atoms with Gasteiger partial charge in [-0.25, -0.2) is 4.79 Å². The van der Waals surface area contributed by atoms with E-state index in [-0.39, 0.29) is 5.69 Å². The Morgan fingerprint density at radius 2 is 2.27 bits per heavy atom. The highest BCUT2D eigenvalue weighted by molar-refractivity contribution is 5.94. The smallest absolute Gasteiger partial charge is 0.356 e. The molecule has 2 heterocycles. The van der Waals surface area contributed by atoms with Crippen molar-refractivity contribution in [2.45, 2.75) is 6.92 Å². The summed E-state index contributed by atoms with van der Waals surface area (Å²) in [5.74, 6) is -1.18. The third-order valence-electron chi connectivity index (χ3n) is 2.19. The first kappa shape index (κ1) is 9.32. The van der Waals surface area contributed by atoms with Gasteiger partial charge in [0.05, 0.1) is 6.20 Å². The standard InChI is InChI=1S/C9H9N3O3/c1-5-7(4-10-11-5)6-2-3-12(15)8(6)9(13)14/h2-4,15H,1H3,(H,10,11)(H,13,14). The van der Waals surface area contributed by atoms with Crippen molar-refractivity contribution >= 4 is 5.97 Å². The molecule has 0 aliphatic rings. The second-order valence-corrected chi connectivity index (χ2v) is 3.14. The number of rotatable bonds is 2. The minimum absolute atomic E-state index is 0.167. The third-order valence-corrected chi connectivity index (χ3v) is 2.19. The van der Waals surface area contributed by atoms with Crippen LogP contribution in [0, 0.1) is 6.92 Å². The number of H-pyrrole nitrogens is 1. The average molecular weight is 207 g/mol. The monoisotopic (exact) mass is 207 g/mol. The number of hydrogen-bond acceptors (Lipinski definition) is 3. The van der Waals surface area contributed by atoms with E-state index < -0.39 is 5.97 Å². The summed E-state index contributed by atoms with van der Waals surface area (Å²) in [4.78, 5) is 10.9. The maximum atomic E-state index is 10.9. The Hall–Kier alpha value is -2.24. The van der Waals surface area contributed by atoms with Gasteiger partial charge >= 0.3 is 5.97 Å². The lowest BCUT2D eigenvalue weighted by molar-refractivity contribution is 0.0646. The van der Waals surface area contributed by atoms with E-state index in [1.165, 1.54) is 18.5 Å². The molecule has 0 bridgehead atoms. The van der Waals surface area contributed by atoms with Crippen molar-refractivity contribution in [2.24, 2.45) is 0 Å². The molecule has 2 aromatic rings. The van der Waals surface area contributed by atoms with E-state index in [1.54, 1.807) is 6.92 Å². The lowest BCUT2D eigenvalue weighted by Gasteiger charge is -2.00. The summed E-state index contributed by atoms with van der Waals surface area (Å²) in [6.45, 7) is 1.78. The zero-order chi connectivity index (χ0) is 11.0. The van der Waals surface area contributed by atoms with Crippen molar-refractivity contribution in [3.63, 3.8) is 0 Å². The van der Waals surface area contributed by atoms with Crippen LogP contribution in [0.4, 0.5) is 0 Å². The quantitative estimate of drug-likeness (QED) is 0.643. The Morgan fingerprint density at radius 1 is 1.53 bits per heavy atom. The molecule has 3 N–H and O–H groups in total. The van der Waals surface area contributed by atoms with Crippen LogP contribution >= 0.6 is 0 Å². The number of aromatic carboxylic acids is 1. The number of hydrogen-bond donors (Lipinski definition) is 3. The molecule has 0 aliphatic carbocycles. The molecule has 6 nitrogen and oxygen atoms in total. The first-order valence-corrected chi connectivity index (χ1v) is 4.25. The number of nitrogens with one attached hydrogen (secondary N) is 1. The Morgan fingerprint density at radius 3 is 2.80 bits per heavy atom. The van der Waals surface area contributed by atoms with Crippen LogP contribution in [0.15, 0.2) is 18.5 Å². The second kappa shape index (κ2) is 3.16. The molecule has 2 aromatic heterocycles. The minimum Gasteiger partial charge on any atom is -0.476 e. The number of aryl methyl sites for hydroxylation is 1. The third kappa shape index (κ3) is 1.35. The van der Waals surface area contributed by atoms with E-state index in [1.807, 2.05) is 0 Å². The van der Waals surface area contributed by atoms with Gasteiger partial charge in [-0.15, -0.1) is 0 Å². The fourth-order valence-electron chi connectivity index (χ4n) is 1.47. The molecule has 0 atom stereocenters. The zero-order valence-corrected chi connectivity index (χ0v) is 7.93. The molecule has 0 saturated heterocycles. The largest absolute Gasteiger partial charge is 0.476 e. The van der Waals surface area contributed by atoms with Crippen molar-refractivity contribution < 1.29 is 15.1 Å². The van der Waals surface area contributed by atoms with Gasteiger partial charge in [-0.3, -0.25) is 5.10 Å². The number of carboxylic acid groups (broad SMARTS) is 1. The van der Waals surface area contributed by atoms with Crippen LogP contribution in [0.1, 0.15) is 16.2 Å². The summed E-state index contributed by atoms with van der Waals surface area (Å²) in [5, 5.41) is 24.7. The van der Waals surface area contributed by atoms with Gasteiger partial charge in [0.25, 0.3) is 0 Å². The molecule has 0 unspecified atom stereocenters. The molecule has 0 saturated carbocycles. The Labute approximate surface area is 84.7 Å². The number of nitrogens with zero attached hydrogens (tertiary/aromatic N) is 2. The van der Waals surface area contributed by atoms with Crippen molar-refractivity contribution in [2.75, 3.05) is 0 Å². The molecule has 0 aliphatic heterocycles. The van der Waals surface area contributed by atoms with Gasteiger partial charge in [0, 0.05) is 23.0 Å². The highest BCUT2D eigenvalue weighted by atomic mass is 16.5. The van der Waals surface area contributed by atoms with Crippen LogP contribution in [0.5, 0.6) is 0 Å². The Kier molecular flexibility index (Phi) is 1.96. The lowest BCUT2D eigenvalue weighted by atomic mass is 10.1. The van der Waals surface area contributed by atoms with Crippen molar-refractivity contribution in [3.8, 4) is 11.1 Å². The van der Waals surface area contributed by atoms with Crippen molar-refractivity contribution in [1.82, 2.24) is 14.9 Å². The number of aromatic nitrogens is 3. The van der Waals surface area contributed by atoms with Crippen LogP contribution in [0.3, 0.4) is 0 Å². The first-order chi connectivity index (χ1) is 7.11. The molecule has 0 spiro atoms. The highest BCUT2D eigenvalue weighted by Gasteiger charge is 2.19. The van der Waals surface area contributed by atoms with Crippen LogP contribution in [-0.2, 0) is 0 Å². The zero-order valence-electron chi connectivity index (χ0n) is 7.93. The average Bonchev–Trinajstić information content (AvgIpc) is 2.71. The van der Waals surface area contributed by atoms with Crippen LogP contribution in [0.2, 0.25) is 0 Å². The van der Waals surface area contributed by atoms with E-state index in [0.717, 1.165) is 5.69 Å². The first-order valence-electron chi connectivity index (χ1n) is 4.25. The van der Waals surface area contributed by atoms with Crippen molar-refractivity contribution in [3.05, 3.63) is 29.8 Å². The SMILES string of the molecule is Cc1[nH]ncc1-c1ccn(O)c1C(=O)O. The molecule has 0 radical (unpaired) electrons. The van der Waals surface area contributed by atoms with Gasteiger partial charge in [0.2, 0.25) is 0 Å². The van der Waals surface area contributed by atoms with Crippen molar-refractivity contribution in [1.29, 1.82) is 0 Å². The molecule has 2 rings (SSSR count). The maximum absolute atomic E-state index is 10.9. The second-order valence-electron chi connectivity index (χ2n) is 3.14. The van der Waals surface area contributed by atoms with Crippen LogP contribution < -0.4 is 0 Å². The topological polar surface area (TPSA) is 91.1 Å². The molecule has 0 aromatic carbocycles. The molecular weight excluding hydrogens is 198 g/mol. The Bertz CT molecular complexity index is 512. The maximum Gasteiger partial charge on any atom is 0.356 e. The fraction of sp³-hybridized carbons (Fsp3) is 0.111. The van der Waals surface area contributed by atoms with Gasteiger partial charge in [-0.05, 0) is 13.0 Å². The molecular formula is C9H9N3O3. The number of carbonyl (C=O) groups is 1. The van der Waals surface area contributed by atoms with Gasteiger partial charge < -0.3 is 10.3 Å². The summed E-state index contributed by atoms with van der Waals surface area (Å²) >= 11 is 0. The fourth-order valence-corrected chi connectivity index (χ4v) is 1.47. The van der Waals surface area contributed by atoms with Gasteiger partial charge in [-0.2, -0.15) is 9.83 Å². The predicted molar refractivity (Wildman–Crippen MR) is 50.9 cm³/mol. The summed E-state index contributed by atoms with van der Waals surface area (Å²) < 4.78 is 0.587. The molecule has 78 valence electrons. The van der Waals surface area contributed by atoms with Gasteiger partial charge in [-0.1, -0.05) is 0 Å². The number of carboxylic acids is 1. The van der Waals surface area contributed by atoms with E-state index in [4.69, 9.17) is 5.11 Å². The van der Waals surface area contributed by atoms with Crippen LogP contribution in [-0.4, -0.2) is 31.2 Å². The molecule has 0 amide bonds. The summed E-state index contributed by atoms with van der Waals surface area (Å²) in [6, 6.07) is 1.53. The minimum atomic E-state index is -1.18. The summed E-state index contributed by atoms with van der Waals surface area (Å²) in [7, 11) is 0. The van der Waals surface area contributed by atoms with E-state index in [0.29, 0.717) is 15.9 Å². The molecule has 6 heteroatoms. The highest BCUT2D eigenvalue weighted by Crippen LogP contribution is 2.25. The predicted octanol–water partition coefficient (Wildman–Crippen LogP) is 1.12. The van der Waals surface area contributed by atoms with E-state index in [2.05, 4.69) is 10.2 Å². The molecule has 15 heavy (non-hydrogen) atoms. The van der Waals surface area contributed by atoms with Crippen LogP contribution in [0.25, 0.3) is 11.1 Å². The number of aromatic amines is 1. The Balaban J connectivity index is 2.64.